The molecule has 0 aliphatic carbocycles. The van der Waals surface area contributed by atoms with Crippen molar-refractivity contribution in [2.24, 2.45) is 0 Å². The van der Waals surface area contributed by atoms with Gasteiger partial charge in [-0.05, 0) is 35.8 Å². The Bertz CT molecular complexity index is 840. The van der Waals surface area contributed by atoms with Crippen LogP contribution in [0.4, 0.5) is 0 Å². The Morgan fingerprint density at radius 2 is 2.13 bits per heavy atom. The summed E-state index contributed by atoms with van der Waals surface area (Å²) in [7, 11) is 0. The van der Waals surface area contributed by atoms with Crippen LogP contribution in [-0.4, -0.2) is 20.5 Å². The Kier molecular flexibility index (Phi) is 4.85. The molecule has 0 aliphatic heterocycles. The third-order valence-electron chi connectivity index (χ3n) is 2.98. The van der Waals surface area contributed by atoms with E-state index in [1.54, 1.807) is 42.7 Å². The van der Waals surface area contributed by atoms with Gasteiger partial charge in [0.1, 0.15) is 12.3 Å². The number of hydrogen-bond acceptors (Lipinski definition) is 6. The first kappa shape index (κ1) is 15.9. The molecular weight excluding hydrogens is 357 g/mol. The first-order valence-electron chi connectivity index (χ1n) is 6.49. The molecule has 0 fully saturated rings. The second kappa shape index (κ2) is 7.04. The van der Waals surface area contributed by atoms with Gasteiger partial charge in [-0.25, -0.2) is 4.79 Å². The summed E-state index contributed by atoms with van der Waals surface area (Å²) in [4.78, 5) is 16.6. The largest absolute Gasteiger partial charge is 0.456 e. The van der Waals surface area contributed by atoms with Gasteiger partial charge in [0.2, 0.25) is 0 Å². The summed E-state index contributed by atoms with van der Waals surface area (Å²) in [5, 5.41) is 4.94. The molecule has 116 valence electrons. The van der Waals surface area contributed by atoms with E-state index in [2.05, 4.69) is 14.6 Å². The van der Waals surface area contributed by atoms with E-state index in [1.165, 1.54) is 0 Å². The zero-order chi connectivity index (χ0) is 16.2. The highest BCUT2D eigenvalue weighted by Crippen LogP contribution is 2.25. The van der Waals surface area contributed by atoms with Crippen molar-refractivity contribution in [2.45, 2.75) is 6.61 Å². The van der Waals surface area contributed by atoms with E-state index in [1.807, 2.05) is 0 Å². The quantitative estimate of drug-likeness (QED) is 0.646. The third kappa shape index (κ3) is 3.67. The molecule has 23 heavy (non-hydrogen) atoms. The number of nitrogens with zero attached hydrogens (tertiary/aromatic N) is 3. The Morgan fingerprint density at radius 3 is 2.87 bits per heavy atom. The SMILES string of the molecule is O=C(OCc1ccc(Cl)cc1Cl)c1snnc1-c1cccnc1. The highest BCUT2D eigenvalue weighted by molar-refractivity contribution is 7.08. The van der Waals surface area contributed by atoms with Crippen LogP contribution in [0.2, 0.25) is 10.0 Å². The fraction of sp³-hybridized carbons (Fsp3) is 0.0667. The fourth-order valence-corrected chi connectivity index (χ4v) is 2.91. The van der Waals surface area contributed by atoms with E-state index >= 15 is 0 Å². The molecule has 8 heteroatoms. The van der Waals surface area contributed by atoms with Crippen molar-refractivity contribution in [3.63, 3.8) is 0 Å². The van der Waals surface area contributed by atoms with Gasteiger partial charge in [0, 0.05) is 33.6 Å². The van der Waals surface area contributed by atoms with E-state index in [0.29, 0.717) is 31.7 Å². The summed E-state index contributed by atoms with van der Waals surface area (Å²) in [5.41, 5.74) is 1.83. The van der Waals surface area contributed by atoms with Crippen molar-refractivity contribution in [1.82, 2.24) is 14.6 Å². The molecule has 2 aromatic heterocycles. The minimum Gasteiger partial charge on any atom is -0.456 e. The number of rotatable bonds is 4. The van der Waals surface area contributed by atoms with Crippen molar-refractivity contribution < 1.29 is 9.53 Å². The number of benzene rings is 1. The lowest BCUT2D eigenvalue weighted by Crippen LogP contribution is -2.05. The van der Waals surface area contributed by atoms with Crippen LogP contribution in [0.1, 0.15) is 15.2 Å². The number of pyridine rings is 1. The maximum Gasteiger partial charge on any atom is 0.352 e. The first-order valence-corrected chi connectivity index (χ1v) is 8.02. The standard InChI is InChI=1S/C15H9Cl2N3O2S/c16-11-4-3-10(12(17)6-11)8-22-15(21)14-13(19-20-23-14)9-2-1-5-18-7-9/h1-7H,8H2. The Hall–Kier alpha value is -2.02. The third-order valence-corrected chi connectivity index (χ3v) is 4.28. The van der Waals surface area contributed by atoms with E-state index in [4.69, 9.17) is 27.9 Å². The second-order valence-electron chi connectivity index (χ2n) is 4.50. The number of ether oxygens (including phenoxy) is 1. The van der Waals surface area contributed by atoms with E-state index in [9.17, 15) is 4.79 Å². The zero-order valence-corrected chi connectivity index (χ0v) is 13.9. The Balaban J connectivity index is 1.76. The number of carbonyl (C=O) groups is 1. The number of carbonyl (C=O) groups excluding carboxylic acids is 1. The van der Waals surface area contributed by atoms with Gasteiger partial charge < -0.3 is 4.74 Å². The Morgan fingerprint density at radius 1 is 1.26 bits per heavy atom. The van der Waals surface area contributed by atoms with Crippen LogP contribution in [-0.2, 0) is 11.3 Å². The van der Waals surface area contributed by atoms with Gasteiger partial charge in [0.05, 0.1) is 0 Å². The van der Waals surface area contributed by atoms with Crippen molar-refractivity contribution in [2.75, 3.05) is 0 Å². The van der Waals surface area contributed by atoms with Crippen LogP contribution >= 0.6 is 34.7 Å². The molecule has 0 atom stereocenters. The van der Waals surface area contributed by atoms with Crippen LogP contribution in [0.25, 0.3) is 11.3 Å². The van der Waals surface area contributed by atoms with Crippen molar-refractivity contribution >= 4 is 40.7 Å². The van der Waals surface area contributed by atoms with Gasteiger partial charge in [-0.15, -0.1) is 5.10 Å². The van der Waals surface area contributed by atoms with Crippen LogP contribution in [0.5, 0.6) is 0 Å². The summed E-state index contributed by atoms with van der Waals surface area (Å²) in [6.45, 7) is 0.0409. The van der Waals surface area contributed by atoms with Gasteiger partial charge >= 0.3 is 5.97 Å². The Labute approximate surface area is 146 Å². The van der Waals surface area contributed by atoms with Gasteiger partial charge in [-0.1, -0.05) is 33.8 Å². The predicted molar refractivity (Wildman–Crippen MR) is 88.7 cm³/mol. The lowest BCUT2D eigenvalue weighted by molar-refractivity contribution is 0.0479. The van der Waals surface area contributed by atoms with Crippen LogP contribution in [0, 0.1) is 0 Å². The van der Waals surface area contributed by atoms with Crippen LogP contribution in [0.15, 0.2) is 42.7 Å². The van der Waals surface area contributed by atoms with E-state index in [-0.39, 0.29) is 6.61 Å². The molecular formula is C15H9Cl2N3O2S. The molecule has 0 spiro atoms. The molecule has 0 saturated carbocycles. The average Bonchev–Trinajstić information content (AvgIpc) is 3.04. The van der Waals surface area contributed by atoms with Gasteiger partial charge in [0.25, 0.3) is 0 Å². The van der Waals surface area contributed by atoms with Gasteiger partial charge in [-0.3, -0.25) is 4.98 Å². The molecule has 0 aliphatic rings. The lowest BCUT2D eigenvalue weighted by atomic mass is 10.2. The highest BCUT2D eigenvalue weighted by Gasteiger charge is 2.19. The fourth-order valence-electron chi connectivity index (χ4n) is 1.86. The minimum atomic E-state index is -0.509. The number of halogens is 2. The topological polar surface area (TPSA) is 65.0 Å². The molecule has 0 saturated heterocycles. The molecule has 0 radical (unpaired) electrons. The zero-order valence-electron chi connectivity index (χ0n) is 11.6. The van der Waals surface area contributed by atoms with Crippen LogP contribution < -0.4 is 0 Å². The normalized spacial score (nSPS) is 10.5. The summed E-state index contributed by atoms with van der Waals surface area (Å²) in [5.74, 6) is -0.509. The number of esters is 1. The molecule has 1 aromatic carbocycles. The average molecular weight is 366 g/mol. The minimum absolute atomic E-state index is 0.0409. The summed E-state index contributed by atoms with van der Waals surface area (Å²) >= 11 is 12.9. The lowest BCUT2D eigenvalue weighted by Gasteiger charge is -2.06. The number of hydrogen-bond donors (Lipinski definition) is 0. The molecule has 0 unspecified atom stereocenters. The molecule has 3 aromatic rings. The van der Waals surface area contributed by atoms with Crippen LogP contribution in [0.3, 0.4) is 0 Å². The van der Waals surface area contributed by atoms with Crippen molar-refractivity contribution in [3.05, 3.63) is 63.2 Å². The molecule has 0 bridgehead atoms. The van der Waals surface area contributed by atoms with Gasteiger partial charge in [-0.2, -0.15) is 0 Å². The van der Waals surface area contributed by atoms with Crippen molar-refractivity contribution in [3.8, 4) is 11.3 Å². The highest BCUT2D eigenvalue weighted by atomic mass is 35.5. The second-order valence-corrected chi connectivity index (χ2v) is 6.10. The first-order chi connectivity index (χ1) is 11.1. The summed E-state index contributed by atoms with van der Waals surface area (Å²) < 4.78 is 9.12. The smallest absolute Gasteiger partial charge is 0.352 e. The van der Waals surface area contributed by atoms with E-state index in [0.717, 1.165) is 11.5 Å². The number of aromatic nitrogens is 3. The molecule has 0 amide bonds. The van der Waals surface area contributed by atoms with Gasteiger partial charge in [0.15, 0.2) is 4.88 Å². The maximum atomic E-state index is 12.3. The maximum absolute atomic E-state index is 12.3. The molecule has 5 nitrogen and oxygen atoms in total. The van der Waals surface area contributed by atoms with Crippen molar-refractivity contribution in [1.29, 1.82) is 0 Å². The van der Waals surface area contributed by atoms with E-state index < -0.39 is 5.97 Å². The molecule has 2 heterocycles. The summed E-state index contributed by atoms with van der Waals surface area (Å²) in [6.07, 6.45) is 3.26. The monoisotopic (exact) mass is 365 g/mol. The molecule has 0 N–H and O–H groups in total. The predicted octanol–water partition coefficient (Wildman–Crippen LogP) is 4.26. The molecule has 3 rings (SSSR count). The summed E-state index contributed by atoms with van der Waals surface area (Å²) in [6, 6.07) is 8.56.